The fraction of sp³-hybridized carbons (Fsp3) is 1.00. The molecule has 0 aliphatic heterocycles. The molecule has 0 heteroatoms. The summed E-state index contributed by atoms with van der Waals surface area (Å²) in [5.41, 5.74) is 0.725. The lowest BCUT2D eigenvalue weighted by molar-refractivity contribution is 0.333. The van der Waals surface area contributed by atoms with E-state index in [1.54, 1.807) is 0 Å². The Labute approximate surface area is 77.7 Å². The van der Waals surface area contributed by atoms with E-state index in [0.29, 0.717) is 0 Å². The smallest absolute Gasteiger partial charge is 0.0297 e. The molecule has 3 atom stereocenters. The van der Waals surface area contributed by atoms with Crippen LogP contribution in [0.3, 0.4) is 0 Å². The number of rotatable bonds is 4. The maximum Gasteiger partial charge on any atom is -0.0297 e. The van der Waals surface area contributed by atoms with E-state index < -0.39 is 0 Å². The van der Waals surface area contributed by atoms with Gasteiger partial charge in [-0.2, -0.15) is 0 Å². The lowest BCUT2D eigenvalue weighted by atomic mass is 9.88. The van der Waals surface area contributed by atoms with Gasteiger partial charge in [0.05, 0.1) is 0 Å². The molecule has 1 aliphatic carbocycles. The summed E-state index contributed by atoms with van der Waals surface area (Å²) in [6.07, 6.45) is 4.35. The monoisotopic (exact) mass is 168 g/mol. The first-order valence-electron chi connectivity index (χ1n) is 5.46. The molecule has 1 rings (SSSR count). The lowest BCUT2D eigenvalue weighted by Crippen LogP contribution is -2.07. The van der Waals surface area contributed by atoms with Gasteiger partial charge in [0.2, 0.25) is 0 Å². The van der Waals surface area contributed by atoms with Crippen LogP contribution in [0.1, 0.15) is 53.9 Å². The zero-order valence-corrected chi connectivity index (χ0v) is 9.35. The van der Waals surface area contributed by atoms with Crippen molar-refractivity contribution in [3.8, 4) is 0 Å². The average molecular weight is 168 g/mol. The molecule has 0 bridgehead atoms. The van der Waals surface area contributed by atoms with Crippen molar-refractivity contribution in [3.05, 3.63) is 0 Å². The highest BCUT2D eigenvalue weighted by Crippen LogP contribution is 2.55. The zero-order chi connectivity index (χ0) is 9.35. The van der Waals surface area contributed by atoms with Crippen LogP contribution >= 0.6 is 0 Å². The third kappa shape index (κ3) is 2.24. The maximum atomic E-state index is 2.45. The van der Waals surface area contributed by atoms with E-state index in [-0.39, 0.29) is 0 Å². The van der Waals surface area contributed by atoms with E-state index in [4.69, 9.17) is 0 Å². The Hall–Kier alpha value is 0. The Kier molecular flexibility index (Phi) is 2.85. The van der Waals surface area contributed by atoms with Gasteiger partial charge in [0.15, 0.2) is 0 Å². The van der Waals surface area contributed by atoms with Crippen LogP contribution in [0, 0.1) is 23.2 Å². The quantitative estimate of drug-likeness (QED) is 0.592. The second-order valence-corrected chi connectivity index (χ2v) is 5.52. The predicted molar refractivity (Wildman–Crippen MR) is 55.1 cm³/mol. The SMILES string of the molecule is CC(C)C(C)CCC1(C)CC1C. The minimum absolute atomic E-state index is 0.725. The second-order valence-electron chi connectivity index (χ2n) is 5.52. The molecule has 3 unspecified atom stereocenters. The molecule has 0 radical (unpaired) electrons. The van der Waals surface area contributed by atoms with Crippen molar-refractivity contribution in [3.63, 3.8) is 0 Å². The normalized spacial score (nSPS) is 37.0. The van der Waals surface area contributed by atoms with Crippen LogP contribution in [0.2, 0.25) is 0 Å². The Morgan fingerprint density at radius 1 is 1.33 bits per heavy atom. The molecule has 1 fully saturated rings. The van der Waals surface area contributed by atoms with Crippen LogP contribution in [0.15, 0.2) is 0 Å². The Balaban J connectivity index is 2.18. The van der Waals surface area contributed by atoms with Crippen LogP contribution < -0.4 is 0 Å². The van der Waals surface area contributed by atoms with Gasteiger partial charge in [0, 0.05) is 0 Å². The highest BCUT2D eigenvalue weighted by Gasteiger charge is 2.45. The molecule has 0 amide bonds. The van der Waals surface area contributed by atoms with Gasteiger partial charge in [-0.1, -0.05) is 34.6 Å². The van der Waals surface area contributed by atoms with Crippen molar-refractivity contribution in [1.29, 1.82) is 0 Å². The van der Waals surface area contributed by atoms with Gasteiger partial charge < -0.3 is 0 Å². The van der Waals surface area contributed by atoms with Crippen molar-refractivity contribution in [1.82, 2.24) is 0 Å². The van der Waals surface area contributed by atoms with Gasteiger partial charge >= 0.3 is 0 Å². The second kappa shape index (κ2) is 3.40. The molecule has 0 aromatic rings. The lowest BCUT2D eigenvalue weighted by Gasteiger charge is -2.18. The minimum atomic E-state index is 0.725. The van der Waals surface area contributed by atoms with Crippen molar-refractivity contribution in [2.45, 2.75) is 53.9 Å². The molecule has 0 N–H and O–H groups in total. The summed E-state index contributed by atoms with van der Waals surface area (Å²) in [7, 11) is 0. The number of hydrogen-bond donors (Lipinski definition) is 0. The molecule has 0 spiro atoms. The van der Waals surface area contributed by atoms with E-state index in [0.717, 1.165) is 23.2 Å². The van der Waals surface area contributed by atoms with E-state index in [2.05, 4.69) is 34.6 Å². The first-order chi connectivity index (χ1) is 5.46. The molecule has 0 aromatic heterocycles. The summed E-state index contributed by atoms with van der Waals surface area (Å²) in [4.78, 5) is 0. The largest absolute Gasteiger partial charge is 0.0625 e. The van der Waals surface area contributed by atoms with E-state index in [1.807, 2.05) is 0 Å². The van der Waals surface area contributed by atoms with Gasteiger partial charge in [-0.3, -0.25) is 0 Å². The summed E-state index contributed by atoms with van der Waals surface area (Å²) in [5.74, 6) is 2.77. The van der Waals surface area contributed by atoms with Crippen molar-refractivity contribution < 1.29 is 0 Å². The maximum absolute atomic E-state index is 2.45. The van der Waals surface area contributed by atoms with Crippen molar-refractivity contribution in [2.75, 3.05) is 0 Å². The number of hydrogen-bond acceptors (Lipinski definition) is 0. The third-order valence-electron chi connectivity index (χ3n) is 4.11. The summed E-state index contributed by atoms with van der Waals surface area (Å²) in [5, 5.41) is 0. The average Bonchev–Trinajstić information content (AvgIpc) is 2.56. The zero-order valence-electron chi connectivity index (χ0n) is 9.35. The van der Waals surface area contributed by atoms with Gasteiger partial charge in [-0.25, -0.2) is 0 Å². The summed E-state index contributed by atoms with van der Waals surface area (Å²) < 4.78 is 0. The summed E-state index contributed by atoms with van der Waals surface area (Å²) in [6.45, 7) is 11.9. The minimum Gasteiger partial charge on any atom is -0.0625 e. The van der Waals surface area contributed by atoms with Crippen LogP contribution in [0.25, 0.3) is 0 Å². The highest BCUT2D eigenvalue weighted by atomic mass is 14.5. The van der Waals surface area contributed by atoms with Crippen LogP contribution in [-0.2, 0) is 0 Å². The molecule has 72 valence electrons. The first kappa shape index (κ1) is 10.1. The Bertz CT molecular complexity index is 148. The van der Waals surface area contributed by atoms with Crippen LogP contribution in [0.5, 0.6) is 0 Å². The fourth-order valence-electron chi connectivity index (χ4n) is 1.88. The molecule has 0 heterocycles. The third-order valence-corrected chi connectivity index (χ3v) is 4.11. The Morgan fingerprint density at radius 2 is 1.83 bits per heavy atom. The molecular formula is C12H24. The highest BCUT2D eigenvalue weighted by molar-refractivity contribution is 4.95. The van der Waals surface area contributed by atoms with Crippen LogP contribution in [0.4, 0.5) is 0 Å². The molecule has 0 aromatic carbocycles. The molecule has 1 aliphatic rings. The van der Waals surface area contributed by atoms with Gasteiger partial charge in [-0.05, 0) is 42.4 Å². The summed E-state index contributed by atoms with van der Waals surface area (Å²) >= 11 is 0. The Morgan fingerprint density at radius 3 is 2.17 bits per heavy atom. The topological polar surface area (TPSA) is 0 Å². The first-order valence-corrected chi connectivity index (χ1v) is 5.46. The van der Waals surface area contributed by atoms with Crippen molar-refractivity contribution >= 4 is 0 Å². The standard InChI is InChI=1S/C12H24/c1-9(2)10(3)6-7-12(5)8-11(12)4/h9-11H,6-8H2,1-5H3. The molecule has 12 heavy (non-hydrogen) atoms. The van der Waals surface area contributed by atoms with E-state index in [9.17, 15) is 0 Å². The van der Waals surface area contributed by atoms with Crippen molar-refractivity contribution in [2.24, 2.45) is 23.2 Å². The summed E-state index contributed by atoms with van der Waals surface area (Å²) in [6, 6.07) is 0. The molecule has 0 saturated heterocycles. The van der Waals surface area contributed by atoms with E-state index >= 15 is 0 Å². The predicted octanol–water partition coefficient (Wildman–Crippen LogP) is 4.10. The molecule has 0 nitrogen and oxygen atoms in total. The van der Waals surface area contributed by atoms with Gasteiger partial charge in [0.1, 0.15) is 0 Å². The van der Waals surface area contributed by atoms with Crippen LogP contribution in [-0.4, -0.2) is 0 Å². The molecular weight excluding hydrogens is 144 g/mol. The fourth-order valence-corrected chi connectivity index (χ4v) is 1.88. The molecule has 1 saturated carbocycles. The van der Waals surface area contributed by atoms with E-state index in [1.165, 1.54) is 19.3 Å². The van der Waals surface area contributed by atoms with Gasteiger partial charge in [-0.15, -0.1) is 0 Å². The van der Waals surface area contributed by atoms with Gasteiger partial charge in [0.25, 0.3) is 0 Å².